The summed E-state index contributed by atoms with van der Waals surface area (Å²) in [5.74, 6) is -4.06. The lowest BCUT2D eigenvalue weighted by Gasteiger charge is -2.15. The number of hydrogen-bond acceptors (Lipinski definition) is 6. The normalized spacial score (nSPS) is 14.2. The van der Waals surface area contributed by atoms with E-state index in [1.807, 2.05) is 6.92 Å². The number of amides is 5. The summed E-state index contributed by atoms with van der Waals surface area (Å²) < 4.78 is 13.3. The van der Waals surface area contributed by atoms with Gasteiger partial charge in [-0.15, -0.1) is 0 Å². The van der Waals surface area contributed by atoms with Gasteiger partial charge in [-0.2, -0.15) is 4.39 Å². The van der Waals surface area contributed by atoms with Crippen molar-refractivity contribution in [1.29, 1.82) is 0 Å². The maximum Gasteiger partial charge on any atom is 0.334 e. The molecule has 0 aromatic heterocycles. The number of carbonyl (C=O) groups excluding carboxylic acids is 4. The third-order valence-electron chi connectivity index (χ3n) is 3.60. The summed E-state index contributed by atoms with van der Waals surface area (Å²) in [6, 6.07) is 1.80. The molecule has 5 amide bonds. The van der Waals surface area contributed by atoms with Crippen molar-refractivity contribution >= 4 is 35.1 Å². The molecule has 1 aliphatic rings. The monoisotopic (exact) mass is 366 g/mol. The zero-order valence-corrected chi connectivity index (χ0v) is 13.7. The number of rotatable bonds is 7. The zero-order valence-electron chi connectivity index (χ0n) is 13.7. The van der Waals surface area contributed by atoms with Crippen molar-refractivity contribution in [1.82, 2.24) is 9.80 Å². The number of unbranched alkanes of at least 4 members (excludes halogenated alkanes) is 1. The highest BCUT2D eigenvalue weighted by Crippen LogP contribution is 2.22. The van der Waals surface area contributed by atoms with Gasteiger partial charge in [-0.3, -0.25) is 29.4 Å². The number of nitro groups is 1. The number of nitrogens with zero attached hydrogens (tertiary/aromatic N) is 3. The second-order valence-electron chi connectivity index (χ2n) is 5.46. The Balaban J connectivity index is 2.07. The molecule has 0 saturated carbocycles. The van der Waals surface area contributed by atoms with Crippen LogP contribution in [0.15, 0.2) is 18.2 Å². The Morgan fingerprint density at radius 2 is 1.88 bits per heavy atom. The number of nitro benzene ring substituents is 1. The van der Waals surface area contributed by atoms with Crippen LogP contribution in [-0.4, -0.2) is 51.6 Å². The fourth-order valence-corrected chi connectivity index (χ4v) is 2.28. The van der Waals surface area contributed by atoms with E-state index in [4.69, 9.17) is 0 Å². The first-order chi connectivity index (χ1) is 12.3. The summed E-state index contributed by atoms with van der Waals surface area (Å²) in [7, 11) is 0. The fraction of sp³-hybridized carbons (Fsp3) is 0.333. The van der Waals surface area contributed by atoms with Crippen molar-refractivity contribution in [3.8, 4) is 0 Å². The molecule has 10 nitrogen and oxygen atoms in total. The molecular weight excluding hydrogens is 351 g/mol. The van der Waals surface area contributed by atoms with Gasteiger partial charge in [0.1, 0.15) is 6.54 Å². The highest BCUT2D eigenvalue weighted by Gasteiger charge is 2.44. The molecule has 1 fully saturated rings. The van der Waals surface area contributed by atoms with Crippen molar-refractivity contribution in [2.24, 2.45) is 0 Å². The molecule has 0 atom stereocenters. The van der Waals surface area contributed by atoms with Crippen molar-refractivity contribution in [2.45, 2.75) is 19.8 Å². The molecule has 1 saturated heterocycles. The third kappa shape index (κ3) is 3.82. The molecule has 0 radical (unpaired) electrons. The molecule has 0 spiro atoms. The number of nitrogens with one attached hydrogen (secondary N) is 1. The van der Waals surface area contributed by atoms with Gasteiger partial charge in [-0.05, 0) is 18.6 Å². The van der Waals surface area contributed by atoms with Crippen molar-refractivity contribution in [2.75, 3.05) is 18.4 Å². The second-order valence-corrected chi connectivity index (χ2v) is 5.46. The SMILES string of the molecule is CCCCN1C(=O)C(=O)N(CC(=O)Nc2ccc(F)c([N+](=O)[O-])c2)C1=O. The molecule has 0 aliphatic carbocycles. The van der Waals surface area contributed by atoms with E-state index >= 15 is 0 Å². The minimum Gasteiger partial charge on any atom is -0.324 e. The van der Waals surface area contributed by atoms with Crippen LogP contribution in [0, 0.1) is 15.9 Å². The Labute approximate surface area is 146 Å². The standard InChI is InChI=1S/C15H15FN4O6/c1-2-3-6-18-13(22)14(23)19(15(18)24)8-12(21)17-9-4-5-10(16)11(7-9)20(25)26/h4-5,7H,2-3,6,8H2,1H3,(H,17,21). The summed E-state index contributed by atoms with van der Waals surface area (Å²) in [6.07, 6.45) is 1.22. The Hall–Kier alpha value is -3.37. The first kappa shape index (κ1) is 19.0. The predicted molar refractivity (Wildman–Crippen MR) is 85.4 cm³/mol. The Kier molecular flexibility index (Phi) is 5.60. The average molecular weight is 366 g/mol. The summed E-state index contributed by atoms with van der Waals surface area (Å²) in [4.78, 5) is 58.8. The largest absolute Gasteiger partial charge is 0.334 e. The second kappa shape index (κ2) is 7.68. The van der Waals surface area contributed by atoms with Crippen LogP contribution < -0.4 is 5.32 Å². The molecule has 2 rings (SSSR count). The van der Waals surface area contributed by atoms with Gasteiger partial charge in [-0.1, -0.05) is 13.3 Å². The van der Waals surface area contributed by atoms with E-state index in [9.17, 15) is 33.7 Å². The van der Waals surface area contributed by atoms with Crippen molar-refractivity contribution in [3.63, 3.8) is 0 Å². The summed E-state index contributed by atoms with van der Waals surface area (Å²) >= 11 is 0. The molecular formula is C15H15FN4O6. The smallest absolute Gasteiger partial charge is 0.324 e. The molecule has 1 aliphatic heterocycles. The summed E-state index contributed by atoms with van der Waals surface area (Å²) in [6.45, 7) is 1.18. The minimum absolute atomic E-state index is 0.0716. The molecule has 26 heavy (non-hydrogen) atoms. The van der Waals surface area contributed by atoms with Crippen LogP contribution in [0.3, 0.4) is 0 Å². The van der Waals surface area contributed by atoms with E-state index in [0.29, 0.717) is 17.7 Å². The number of hydrogen-bond donors (Lipinski definition) is 1. The summed E-state index contributed by atoms with van der Waals surface area (Å²) in [5.41, 5.74) is -0.923. The molecule has 11 heteroatoms. The lowest BCUT2D eigenvalue weighted by Crippen LogP contribution is -2.39. The van der Waals surface area contributed by atoms with Crippen LogP contribution in [0.25, 0.3) is 0 Å². The fourth-order valence-electron chi connectivity index (χ4n) is 2.28. The first-order valence-electron chi connectivity index (χ1n) is 7.67. The minimum atomic E-state index is -1.12. The number of carbonyl (C=O) groups is 4. The molecule has 0 bridgehead atoms. The van der Waals surface area contributed by atoms with Crippen LogP contribution in [0.4, 0.5) is 20.6 Å². The molecule has 1 N–H and O–H groups in total. The van der Waals surface area contributed by atoms with Crippen molar-refractivity contribution < 1.29 is 28.5 Å². The van der Waals surface area contributed by atoms with Gasteiger partial charge in [0, 0.05) is 18.3 Å². The molecule has 1 aromatic carbocycles. The van der Waals surface area contributed by atoms with Gasteiger partial charge in [0.25, 0.3) is 0 Å². The van der Waals surface area contributed by atoms with Gasteiger partial charge < -0.3 is 5.32 Å². The van der Waals surface area contributed by atoms with E-state index in [0.717, 1.165) is 23.1 Å². The van der Waals surface area contributed by atoms with Gasteiger partial charge in [-0.25, -0.2) is 9.69 Å². The highest BCUT2D eigenvalue weighted by atomic mass is 19.1. The summed E-state index contributed by atoms with van der Waals surface area (Å²) in [5, 5.41) is 12.9. The number of urea groups is 1. The third-order valence-corrected chi connectivity index (χ3v) is 3.60. The predicted octanol–water partition coefficient (Wildman–Crippen LogP) is 1.26. The van der Waals surface area contributed by atoms with Crippen LogP contribution >= 0.6 is 0 Å². The van der Waals surface area contributed by atoms with E-state index in [1.54, 1.807) is 0 Å². The number of benzene rings is 1. The van der Waals surface area contributed by atoms with Crippen LogP contribution in [0.2, 0.25) is 0 Å². The van der Waals surface area contributed by atoms with Crippen LogP contribution in [0.5, 0.6) is 0 Å². The molecule has 0 unspecified atom stereocenters. The van der Waals surface area contributed by atoms with Gasteiger partial charge in [0.15, 0.2) is 0 Å². The van der Waals surface area contributed by atoms with Gasteiger partial charge in [0.05, 0.1) is 4.92 Å². The van der Waals surface area contributed by atoms with Crippen LogP contribution in [0.1, 0.15) is 19.8 Å². The topological polar surface area (TPSA) is 130 Å². The number of imide groups is 2. The van der Waals surface area contributed by atoms with E-state index in [-0.39, 0.29) is 12.2 Å². The van der Waals surface area contributed by atoms with Gasteiger partial charge >= 0.3 is 23.5 Å². The lowest BCUT2D eigenvalue weighted by molar-refractivity contribution is -0.387. The highest BCUT2D eigenvalue weighted by molar-refractivity contribution is 6.45. The average Bonchev–Trinajstić information content (AvgIpc) is 2.78. The van der Waals surface area contributed by atoms with Crippen LogP contribution in [-0.2, 0) is 14.4 Å². The maximum atomic E-state index is 13.3. The Morgan fingerprint density at radius 3 is 2.50 bits per heavy atom. The lowest BCUT2D eigenvalue weighted by atomic mass is 10.2. The molecule has 1 heterocycles. The quantitative estimate of drug-likeness (QED) is 0.335. The van der Waals surface area contributed by atoms with Crippen molar-refractivity contribution in [3.05, 3.63) is 34.1 Å². The number of halogens is 1. The Morgan fingerprint density at radius 1 is 1.23 bits per heavy atom. The van der Waals surface area contributed by atoms with E-state index in [1.165, 1.54) is 0 Å². The molecule has 138 valence electrons. The van der Waals surface area contributed by atoms with Gasteiger partial charge in [0.2, 0.25) is 11.7 Å². The maximum absolute atomic E-state index is 13.3. The Bertz CT molecular complexity index is 796. The molecule has 1 aromatic rings. The van der Waals surface area contributed by atoms with E-state index < -0.39 is 46.7 Å². The van der Waals surface area contributed by atoms with E-state index in [2.05, 4.69) is 5.32 Å². The number of anilines is 1. The first-order valence-corrected chi connectivity index (χ1v) is 7.67. The zero-order chi connectivity index (χ0) is 19.4.